The summed E-state index contributed by atoms with van der Waals surface area (Å²) in [5.74, 6) is 0. The van der Waals surface area contributed by atoms with Crippen molar-refractivity contribution in [3.05, 3.63) is 157 Å². The Bertz CT molecular complexity index is 2100. The van der Waals surface area contributed by atoms with Gasteiger partial charge in [0.15, 0.2) is 0 Å². The standard InChI is InChI=1S/C40H28NP/c1-3-12-30(13-4-2)42(31-24-22-27(26-41)23-25-31)40-33-19-9-8-18-32(33)37(29-14-6-5-7-15-29)38-34-20-10-16-28-17-11-21-35(36(28)34)39(38)40/h3-25H,1H2,2H3/b13-4-,30-12+. The topological polar surface area (TPSA) is 23.8 Å². The fraction of sp³-hybridized carbons (Fsp3) is 0.0250. The predicted octanol–water partition coefficient (Wildman–Crippen LogP) is 10.3. The Hall–Kier alpha value is -5.02. The molecule has 1 nitrogen and oxygen atoms in total. The Morgan fingerprint density at radius 1 is 0.714 bits per heavy atom. The molecule has 0 fully saturated rings. The lowest BCUT2D eigenvalue weighted by atomic mass is 9.88. The van der Waals surface area contributed by atoms with Gasteiger partial charge in [0.05, 0.1) is 11.6 Å². The third-order valence-corrected chi connectivity index (χ3v) is 10.6. The van der Waals surface area contributed by atoms with Gasteiger partial charge in [0.2, 0.25) is 0 Å². The lowest BCUT2D eigenvalue weighted by Crippen LogP contribution is -2.17. The highest BCUT2D eigenvalue weighted by molar-refractivity contribution is 7.77. The zero-order valence-electron chi connectivity index (χ0n) is 23.4. The Morgan fingerprint density at radius 2 is 1.38 bits per heavy atom. The number of benzene rings is 6. The molecule has 1 aliphatic rings. The molecule has 0 radical (unpaired) electrons. The highest BCUT2D eigenvalue weighted by Crippen LogP contribution is 2.57. The SMILES string of the molecule is C=C/C=C(\C=C/C)P(c1ccc(C#N)cc1)c1c2c(c(-c3ccccc3)c3ccccc13)-c1cccc3cccc-2c13. The summed E-state index contributed by atoms with van der Waals surface area (Å²) in [5.41, 5.74) is 8.37. The third kappa shape index (κ3) is 4.04. The van der Waals surface area contributed by atoms with E-state index in [1.165, 1.54) is 70.8 Å². The van der Waals surface area contributed by atoms with Crippen molar-refractivity contribution in [2.45, 2.75) is 6.92 Å². The molecule has 198 valence electrons. The van der Waals surface area contributed by atoms with Crippen LogP contribution in [0, 0.1) is 11.3 Å². The highest BCUT2D eigenvalue weighted by Gasteiger charge is 2.33. The summed E-state index contributed by atoms with van der Waals surface area (Å²) < 4.78 is 0. The van der Waals surface area contributed by atoms with Crippen LogP contribution < -0.4 is 10.6 Å². The van der Waals surface area contributed by atoms with Gasteiger partial charge in [-0.25, -0.2) is 0 Å². The van der Waals surface area contributed by atoms with Crippen LogP contribution in [0.25, 0.3) is 54.9 Å². The second-order valence-corrected chi connectivity index (χ2v) is 12.6. The first kappa shape index (κ1) is 25.9. The summed E-state index contributed by atoms with van der Waals surface area (Å²) in [5, 5.41) is 18.4. The van der Waals surface area contributed by atoms with E-state index in [0.29, 0.717) is 5.56 Å². The largest absolute Gasteiger partial charge is 0.192 e. The molecule has 2 heteroatoms. The van der Waals surface area contributed by atoms with E-state index in [-0.39, 0.29) is 0 Å². The molecular weight excluding hydrogens is 525 g/mol. The first-order valence-electron chi connectivity index (χ1n) is 14.2. The molecule has 0 heterocycles. The fourth-order valence-electron chi connectivity index (χ4n) is 6.43. The van der Waals surface area contributed by atoms with Crippen LogP contribution in [0.15, 0.2) is 151 Å². The van der Waals surface area contributed by atoms with Crippen LogP contribution in [0.5, 0.6) is 0 Å². The monoisotopic (exact) mass is 553 g/mol. The molecule has 7 rings (SSSR count). The number of nitrogens with zero attached hydrogens (tertiary/aromatic N) is 1. The van der Waals surface area contributed by atoms with Crippen molar-refractivity contribution in [1.29, 1.82) is 5.26 Å². The van der Waals surface area contributed by atoms with Crippen LogP contribution in [0.4, 0.5) is 0 Å². The maximum absolute atomic E-state index is 9.57. The van der Waals surface area contributed by atoms with Gasteiger partial charge in [-0.2, -0.15) is 5.26 Å². The minimum atomic E-state index is -1.02. The lowest BCUT2D eigenvalue weighted by Gasteiger charge is -2.27. The van der Waals surface area contributed by atoms with E-state index in [1.807, 2.05) is 18.2 Å². The van der Waals surface area contributed by atoms with Crippen LogP contribution in [-0.2, 0) is 0 Å². The quantitative estimate of drug-likeness (QED) is 0.148. The van der Waals surface area contributed by atoms with Gasteiger partial charge in [-0.15, -0.1) is 0 Å². The molecule has 0 aliphatic heterocycles. The zero-order valence-corrected chi connectivity index (χ0v) is 24.3. The molecular formula is C40H28NP. The van der Waals surface area contributed by atoms with Crippen molar-refractivity contribution in [3.8, 4) is 39.4 Å². The normalized spacial score (nSPS) is 12.9. The van der Waals surface area contributed by atoms with Gasteiger partial charge in [-0.3, -0.25) is 0 Å². The first-order valence-corrected chi connectivity index (χ1v) is 15.5. The van der Waals surface area contributed by atoms with Crippen LogP contribution >= 0.6 is 7.92 Å². The fourth-order valence-corrected chi connectivity index (χ4v) is 9.14. The average Bonchev–Trinajstić information content (AvgIpc) is 3.37. The van der Waals surface area contributed by atoms with Gasteiger partial charge >= 0.3 is 0 Å². The van der Waals surface area contributed by atoms with Crippen molar-refractivity contribution in [2.75, 3.05) is 0 Å². The van der Waals surface area contributed by atoms with Crippen molar-refractivity contribution >= 4 is 40.1 Å². The predicted molar refractivity (Wildman–Crippen MR) is 182 cm³/mol. The molecule has 6 aromatic rings. The minimum Gasteiger partial charge on any atom is -0.192 e. The van der Waals surface area contributed by atoms with Gasteiger partial charge in [-0.1, -0.05) is 134 Å². The van der Waals surface area contributed by atoms with Gasteiger partial charge in [0, 0.05) is 5.30 Å². The van der Waals surface area contributed by atoms with Crippen LogP contribution in [-0.4, -0.2) is 0 Å². The Balaban J connectivity index is 1.71. The van der Waals surface area contributed by atoms with E-state index in [2.05, 4.69) is 141 Å². The molecule has 42 heavy (non-hydrogen) atoms. The van der Waals surface area contributed by atoms with Gasteiger partial charge in [0.1, 0.15) is 0 Å². The van der Waals surface area contributed by atoms with E-state index in [9.17, 15) is 5.26 Å². The maximum atomic E-state index is 9.57. The van der Waals surface area contributed by atoms with E-state index in [0.717, 1.165) is 0 Å². The number of nitriles is 1. The van der Waals surface area contributed by atoms with Gasteiger partial charge < -0.3 is 0 Å². The van der Waals surface area contributed by atoms with Crippen LogP contribution in [0.1, 0.15) is 12.5 Å². The zero-order chi connectivity index (χ0) is 28.6. The first-order chi connectivity index (χ1) is 20.7. The number of hydrogen-bond acceptors (Lipinski definition) is 1. The molecule has 0 N–H and O–H groups in total. The van der Waals surface area contributed by atoms with E-state index in [1.54, 1.807) is 0 Å². The third-order valence-electron chi connectivity index (χ3n) is 8.06. The Morgan fingerprint density at radius 3 is 2.05 bits per heavy atom. The number of allylic oxidation sites excluding steroid dienone is 5. The number of fused-ring (bicyclic) bond motifs is 4. The Kier molecular flexibility index (Phi) is 6.64. The molecule has 1 atom stereocenters. The summed E-state index contributed by atoms with van der Waals surface area (Å²) in [4.78, 5) is 0. The second-order valence-electron chi connectivity index (χ2n) is 10.4. The minimum absolute atomic E-state index is 0.667. The van der Waals surface area contributed by atoms with Gasteiger partial charge in [0.25, 0.3) is 0 Å². The average molecular weight is 554 g/mol. The molecule has 0 spiro atoms. The maximum Gasteiger partial charge on any atom is 0.0991 e. The molecule has 6 aromatic carbocycles. The number of rotatable bonds is 6. The number of hydrogen-bond donors (Lipinski definition) is 0. The molecule has 0 saturated carbocycles. The van der Waals surface area contributed by atoms with Crippen LogP contribution in [0.3, 0.4) is 0 Å². The molecule has 0 saturated heterocycles. The van der Waals surface area contributed by atoms with Crippen molar-refractivity contribution in [2.24, 2.45) is 0 Å². The van der Waals surface area contributed by atoms with E-state index in [4.69, 9.17) is 0 Å². The van der Waals surface area contributed by atoms with Crippen molar-refractivity contribution < 1.29 is 0 Å². The molecule has 1 aliphatic carbocycles. The smallest absolute Gasteiger partial charge is 0.0991 e. The summed E-state index contributed by atoms with van der Waals surface area (Å²) in [6.07, 6.45) is 8.38. The molecule has 0 amide bonds. The van der Waals surface area contributed by atoms with Gasteiger partial charge in [-0.05, 0) is 92.5 Å². The summed E-state index contributed by atoms with van der Waals surface area (Å²) in [7, 11) is -1.02. The van der Waals surface area contributed by atoms with Crippen molar-refractivity contribution in [1.82, 2.24) is 0 Å². The van der Waals surface area contributed by atoms with Crippen molar-refractivity contribution in [3.63, 3.8) is 0 Å². The van der Waals surface area contributed by atoms with Crippen LogP contribution in [0.2, 0.25) is 0 Å². The summed E-state index contributed by atoms with van der Waals surface area (Å²) in [6, 6.07) is 43.6. The second kappa shape index (κ2) is 10.8. The molecule has 1 unspecified atom stereocenters. The lowest BCUT2D eigenvalue weighted by molar-refractivity contribution is 1.49. The molecule has 0 bridgehead atoms. The highest BCUT2D eigenvalue weighted by atomic mass is 31.1. The summed E-state index contributed by atoms with van der Waals surface area (Å²) in [6.45, 7) is 6.16. The Labute approximate surface area is 248 Å². The summed E-state index contributed by atoms with van der Waals surface area (Å²) >= 11 is 0. The van der Waals surface area contributed by atoms with E-state index >= 15 is 0 Å². The van der Waals surface area contributed by atoms with E-state index < -0.39 is 7.92 Å². The molecule has 0 aromatic heterocycles.